The SMILES string of the molecule is [N-]=[N+]=N[C@@H](CO)[C@@H](O)[C@@H](F)[C@@H](O)n1ccc(N)nc1=O. The zero-order valence-electron chi connectivity index (χ0n) is 10.1. The number of halogens is 1. The summed E-state index contributed by atoms with van der Waals surface area (Å²) in [6.07, 6.45) is -5.47. The Bertz CT molecular complexity index is 560. The second-order valence-corrected chi connectivity index (χ2v) is 3.85. The van der Waals surface area contributed by atoms with Crippen LogP contribution in [-0.4, -0.2) is 49.8 Å². The summed E-state index contributed by atoms with van der Waals surface area (Å²) in [5.41, 5.74) is 12.4. The summed E-state index contributed by atoms with van der Waals surface area (Å²) < 4.78 is 14.4. The van der Waals surface area contributed by atoms with Gasteiger partial charge < -0.3 is 21.1 Å². The van der Waals surface area contributed by atoms with E-state index in [4.69, 9.17) is 16.4 Å². The molecule has 0 aromatic carbocycles. The van der Waals surface area contributed by atoms with Crippen LogP contribution in [0.1, 0.15) is 6.23 Å². The van der Waals surface area contributed by atoms with E-state index in [1.165, 1.54) is 0 Å². The van der Waals surface area contributed by atoms with E-state index in [9.17, 15) is 19.4 Å². The van der Waals surface area contributed by atoms with Crippen molar-refractivity contribution in [3.63, 3.8) is 0 Å². The maximum absolute atomic E-state index is 13.9. The number of nitrogens with two attached hydrogens (primary N) is 1. The fraction of sp³-hybridized carbons (Fsp3) is 0.556. The van der Waals surface area contributed by atoms with Gasteiger partial charge in [-0.15, -0.1) is 0 Å². The molecule has 0 radical (unpaired) electrons. The molecule has 0 aliphatic rings. The van der Waals surface area contributed by atoms with Crippen LogP contribution in [0.4, 0.5) is 10.2 Å². The van der Waals surface area contributed by atoms with E-state index in [0.717, 1.165) is 12.3 Å². The largest absolute Gasteiger partial charge is 0.396 e. The Morgan fingerprint density at radius 2 is 2.25 bits per heavy atom. The average Bonchev–Trinajstić information content (AvgIpc) is 2.42. The van der Waals surface area contributed by atoms with Gasteiger partial charge in [-0.05, 0) is 11.6 Å². The molecule has 110 valence electrons. The third kappa shape index (κ3) is 3.42. The molecule has 0 saturated heterocycles. The van der Waals surface area contributed by atoms with E-state index in [-0.39, 0.29) is 5.82 Å². The van der Waals surface area contributed by atoms with Gasteiger partial charge in [0.1, 0.15) is 11.9 Å². The highest BCUT2D eigenvalue weighted by molar-refractivity contribution is 5.23. The Morgan fingerprint density at radius 1 is 1.60 bits per heavy atom. The molecule has 5 N–H and O–H groups in total. The molecule has 0 aliphatic carbocycles. The van der Waals surface area contributed by atoms with E-state index < -0.39 is 36.8 Å². The fourth-order valence-corrected chi connectivity index (χ4v) is 1.45. The summed E-state index contributed by atoms with van der Waals surface area (Å²) >= 11 is 0. The van der Waals surface area contributed by atoms with Gasteiger partial charge in [0.15, 0.2) is 12.4 Å². The van der Waals surface area contributed by atoms with Crippen LogP contribution in [-0.2, 0) is 0 Å². The lowest BCUT2D eigenvalue weighted by molar-refractivity contribution is -0.0624. The standard InChI is InChI=1S/C9H13FN6O4/c10-6(7(18)4(3-17)14-15-12)8(19)16-2-1-5(11)13-9(16)20/h1-2,4,6-8,17-19H,3H2,(H2,11,13,20)/t4-,6+,7+,8+/m0/s1. The first-order valence-corrected chi connectivity index (χ1v) is 5.42. The quantitative estimate of drug-likeness (QED) is 0.287. The van der Waals surface area contributed by atoms with Crippen molar-refractivity contribution in [3.05, 3.63) is 33.2 Å². The fourth-order valence-electron chi connectivity index (χ4n) is 1.45. The van der Waals surface area contributed by atoms with Crippen LogP contribution in [0.15, 0.2) is 22.2 Å². The molecule has 0 aliphatic heterocycles. The number of aliphatic hydroxyl groups is 3. The molecule has 4 atom stereocenters. The molecule has 20 heavy (non-hydrogen) atoms. The third-order valence-electron chi connectivity index (χ3n) is 2.53. The first kappa shape index (κ1) is 15.9. The van der Waals surface area contributed by atoms with Crippen molar-refractivity contribution >= 4 is 5.82 Å². The molecule has 0 amide bonds. The van der Waals surface area contributed by atoms with Gasteiger partial charge in [-0.25, -0.2) is 9.18 Å². The topological polar surface area (TPSA) is 170 Å². The van der Waals surface area contributed by atoms with Crippen LogP contribution in [0, 0.1) is 0 Å². The number of nitrogens with zero attached hydrogens (tertiary/aromatic N) is 5. The molecule has 10 nitrogen and oxygen atoms in total. The molecular weight excluding hydrogens is 275 g/mol. The van der Waals surface area contributed by atoms with Gasteiger partial charge in [0.05, 0.1) is 12.6 Å². The number of hydrogen-bond acceptors (Lipinski definition) is 7. The smallest absolute Gasteiger partial charge is 0.351 e. The maximum Gasteiger partial charge on any atom is 0.351 e. The van der Waals surface area contributed by atoms with Crippen LogP contribution >= 0.6 is 0 Å². The molecule has 1 aromatic heterocycles. The second-order valence-electron chi connectivity index (χ2n) is 3.85. The maximum atomic E-state index is 13.9. The van der Waals surface area contributed by atoms with E-state index in [1.807, 2.05) is 0 Å². The highest BCUT2D eigenvalue weighted by atomic mass is 19.1. The van der Waals surface area contributed by atoms with E-state index in [1.54, 1.807) is 0 Å². The number of rotatable bonds is 6. The molecule has 1 rings (SSSR count). The number of alkyl halides is 1. The minimum absolute atomic E-state index is 0.114. The van der Waals surface area contributed by atoms with Gasteiger partial charge in [-0.2, -0.15) is 4.98 Å². The van der Waals surface area contributed by atoms with Crippen molar-refractivity contribution in [1.82, 2.24) is 9.55 Å². The monoisotopic (exact) mass is 288 g/mol. The van der Waals surface area contributed by atoms with Crippen molar-refractivity contribution in [3.8, 4) is 0 Å². The van der Waals surface area contributed by atoms with Crippen LogP contribution in [0.25, 0.3) is 10.4 Å². The van der Waals surface area contributed by atoms with Gasteiger partial charge in [0.2, 0.25) is 0 Å². The van der Waals surface area contributed by atoms with E-state index in [2.05, 4.69) is 15.0 Å². The van der Waals surface area contributed by atoms with Crippen LogP contribution in [0.2, 0.25) is 0 Å². The Kier molecular flexibility index (Phi) is 5.41. The minimum atomic E-state index is -2.39. The van der Waals surface area contributed by atoms with Crippen LogP contribution in [0.5, 0.6) is 0 Å². The van der Waals surface area contributed by atoms with Gasteiger partial charge in [-0.3, -0.25) is 4.57 Å². The Labute approximate surface area is 111 Å². The van der Waals surface area contributed by atoms with Crippen molar-refractivity contribution in [2.75, 3.05) is 12.3 Å². The molecular formula is C9H13FN6O4. The zero-order valence-corrected chi connectivity index (χ0v) is 10.1. The normalized spacial score (nSPS) is 16.8. The lowest BCUT2D eigenvalue weighted by atomic mass is 10.1. The summed E-state index contributed by atoms with van der Waals surface area (Å²) in [4.78, 5) is 17.0. The summed E-state index contributed by atoms with van der Waals surface area (Å²) in [7, 11) is 0. The Balaban J connectivity index is 2.98. The summed E-state index contributed by atoms with van der Waals surface area (Å²) in [6.45, 7) is -0.826. The summed E-state index contributed by atoms with van der Waals surface area (Å²) in [5, 5.41) is 31.1. The number of nitrogen functional groups attached to an aromatic ring is 1. The van der Waals surface area contributed by atoms with Crippen molar-refractivity contribution < 1.29 is 19.7 Å². The van der Waals surface area contributed by atoms with Crippen molar-refractivity contribution in [2.24, 2.45) is 5.11 Å². The van der Waals surface area contributed by atoms with Gasteiger partial charge in [0, 0.05) is 11.1 Å². The first-order valence-electron chi connectivity index (χ1n) is 5.42. The van der Waals surface area contributed by atoms with E-state index >= 15 is 0 Å². The highest BCUT2D eigenvalue weighted by Gasteiger charge is 2.33. The summed E-state index contributed by atoms with van der Waals surface area (Å²) in [5.74, 6) is -0.114. The lowest BCUT2D eigenvalue weighted by Gasteiger charge is -2.24. The highest BCUT2D eigenvalue weighted by Crippen LogP contribution is 2.17. The van der Waals surface area contributed by atoms with Crippen LogP contribution < -0.4 is 11.4 Å². The van der Waals surface area contributed by atoms with Gasteiger partial charge in [-0.1, -0.05) is 5.11 Å². The Hall–Kier alpha value is -2.20. The molecule has 0 saturated carbocycles. The molecule has 0 unspecified atom stereocenters. The number of aromatic nitrogens is 2. The molecule has 0 bridgehead atoms. The number of hydrogen-bond donors (Lipinski definition) is 4. The van der Waals surface area contributed by atoms with Crippen LogP contribution in [0.3, 0.4) is 0 Å². The third-order valence-corrected chi connectivity index (χ3v) is 2.53. The molecule has 1 heterocycles. The van der Waals surface area contributed by atoms with Crippen molar-refractivity contribution in [2.45, 2.75) is 24.5 Å². The summed E-state index contributed by atoms with van der Waals surface area (Å²) in [6, 6.07) is -0.345. The molecule has 11 heteroatoms. The van der Waals surface area contributed by atoms with Gasteiger partial charge >= 0.3 is 5.69 Å². The first-order chi connectivity index (χ1) is 9.42. The Morgan fingerprint density at radius 3 is 2.75 bits per heavy atom. The predicted octanol–water partition coefficient (Wildman–Crippen LogP) is -1.31. The number of aliphatic hydroxyl groups excluding tert-OH is 3. The predicted molar refractivity (Wildman–Crippen MR) is 65.1 cm³/mol. The zero-order chi connectivity index (χ0) is 15.3. The lowest BCUT2D eigenvalue weighted by Crippen LogP contribution is -2.43. The molecule has 1 aromatic rings. The van der Waals surface area contributed by atoms with E-state index in [0.29, 0.717) is 4.57 Å². The number of anilines is 1. The van der Waals surface area contributed by atoms with Gasteiger partial charge in [0.25, 0.3) is 0 Å². The second kappa shape index (κ2) is 6.82. The van der Waals surface area contributed by atoms with Crippen molar-refractivity contribution in [1.29, 1.82) is 0 Å². The molecule has 0 fully saturated rings. The average molecular weight is 288 g/mol. The molecule has 0 spiro atoms. The minimum Gasteiger partial charge on any atom is -0.396 e. The number of azide groups is 1.